The molecule has 17 heavy (non-hydrogen) atoms. The number of hydrogen-bond acceptors (Lipinski definition) is 2. The number of alkyl halides is 1. The van der Waals surface area contributed by atoms with Crippen molar-refractivity contribution in [3.63, 3.8) is 0 Å². The van der Waals surface area contributed by atoms with Crippen molar-refractivity contribution in [1.29, 1.82) is 0 Å². The number of halogens is 1. The van der Waals surface area contributed by atoms with Gasteiger partial charge < -0.3 is 0 Å². The number of rotatable bonds is 6. The third kappa shape index (κ3) is 2.64. The highest BCUT2D eigenvalue weighted by Crippen LogP contribution is 2.23. The quantitative estimate of drug-likeness (QED) is 0.429. The Morgan fingerprint density at radius 2 is 1.65 bits per heavy atom. The lowest BCUT2D eigenvalue weighted by Gasteiger charge is -2.14. The van der Waals surface area contributed by atoms with Crippen LogP contribution >= 0.6 is 15.9 Å². The van der Waals surface area contributed by atoms with Crippen LogP contribution in [0.4, 0.5) is 0 Å². The van der Waals surface area contributed by atoms with Crippen LogP contribution in [0.1, 0.15) is 6.42 Å². The molecule has 0 aliphatic carbocycles. The van der Waals surface area contributed by atoms with Gasteiger partial charge in [-0.2, -0.15) is 0 Å². The van der Waals surface area contributed by atoms with Crippen molar-refractivity contribution in [2.24, 2.45) is 0 Å². The summed E-state index contributed by atoms with van der Waals surface area (Å²) in [6.45, 7) is 11.2. The SMILES string of the molecule is C=CC1=C(C=C)C(=O)N(CCC(=C)CBr)C1=O. The Labute approximate surface area is 109 Å². The molecule has 2 amide bonds. The van der Waals surface area contributed by atoms with Gasteiger partial charge in [-0.15, -0.1) is 0 Å². The van der Waals surface area contributed by atoms with E-state index in [4.69, 9.17) is 0 Å². The van der Waals surface area contributed by atoms with Crippen LogP contribution in [0.3, 0.4) is 0 Å². The number of carbonyl (C=O) groups is 2. The van der Waals surface area contributed by atoms with Crippen molar-refractivity contribution in [2.45, 2.75) is 6.42 Å². The van der Waals surface area contributed by atoms with Crippen LogP contribution in [0.5, 0.6) is 0 Å². The molecule has 0 aromatic heterocycles. The third-order valence-electron chi connectivity index (χ3n) is 2.53. The molecule has 0 N–H and O–H groups in total. The molecule has 0 saturated carbocycles. The van der Waals surface area contributed by atoms with Crippen LogP contribution in [-0.4, -0.2) is 28.6 Å². The standard InChI is InChI=1S/C13H14BrNO2/c1-4-10-11(5-2)13(17)15(12(10)16)7-6-9(3)8-14/h4-5H,1-3,6-8H2. The van der Waals surface area contributed by atoms with Crippen molar-refractivity contribution < 1.29 is 9.59 Å². The average molecular weight is 296 g/mol. The van der Waals surface area contributed by atoms with E-state index < -0.39 is 0 Å². The summed E-state index contributed by atoms with van der Waals surface area (Å²) in [5, 5.41) is 0.666. The second kappa shape index (κ2) is 5.77. The Hall–Kier alpha value is -1.42. The van der Waals surface area contributed by atoms with E-state index in [-0.39, 0.29) is 11.8 Å². The van der Waals surface area contributed by atoms with Crippen molar-refractivity contribution in [3.05, 3.63) is 48.6 Å². The fourth-order valence-electron chi connectivity index (χ4n) is 1.55. The Bertz CT molecular complexity index is 405. The fourth-order valence-corrected chi connectivity index (χ4v) is 1.83. The Balaban J connectivity index is 2.84. The molecule has 90 valence electrons. The van der Waals surface area contributed by atoms with Gasteiger partial charge in [-0.25, -0.2) is 0 Å². The molecular weight excluding hydrogens is 282 g/mol. The van der Waals surface area contributed by atoms with Gasteiger partial charge in [-0.05, 0) is 6.42 Å². The molecule has 0 bridgehead atoms. The Morgan fingerprint density at radius 3 is 2.00 bits per heavy atom. The maximum absolute atomic E-state index is 11.9. The minimum Gasteiger partial charge on any atom is -0.274 e. The third-order valence-corrected chi connectivity index (χ3v) is 3.32. The van der Waals surface area contributed by atoms with E-state index in [9.17, 15) is 9.59 Å². The highest BCUT2D eigenvalue weighted by Gasteiger charge is 2.34. The van der Waals surface area contributed by atoms with Crippen molar-refractivity contribution in [3.8, 4) is 0 Å². The van der Waals surface area contributed by atoms with E-state index in [0.717, 1.165) is 5.57 Å². The van der Waals surface area contributed by atoms with Crippen molar-refractivity contribution in [1.82, 2.24) is 4.90 Å². The van der Waals surface area contributed by atoms with Gasteiger partial charge in [-0.1, -0.05) is 53.4 Å². The van der Waals surface area contributed by atoms with Crippen LogP contribution in [0, 0.1) is 0 Å². The number of hydrogen-bond donors (Lipinski definition) is 0. The van der Waals surface area contributed by atoms with Gasteiger partial charge >= 0.3 is 0 Å². The van der Waals surface area contributed by atoms with Crippen LogP contribution in [-0.2, 0) is 9.59 Å². The van der Waals surface area contributed by atoms with Gasteiger partial charge in [0.1, 0.15) is 0 Å². The maximum atomic E-state index is 11.9. The van der Waals surface area contributed by atoms with Gasteiger partial charge in [0.05, 0.1) is 11.1 Å². The minimum absolute atomic E-state index is 0.303. The molecule has 0 atom stereocenters. The molecule has 1 heterocycles. The van der Waals surface area contributed by atoms with Gasteiger partial charge in [-0.3, -0.25) is 14.5 Å². The predicted octanol–water partition coefficient (Wildman–Crippen LogP) is 2.37. The topological polar surface area (TPSA) is 37.4 Å². The van der Waals surface area contributed by atoms with Crippen LogP contribution in [0.25, 0.3) is 0 Å². The monoisotopic (exact) mass is 295 g/mol. The second-order valence-corrected chi connectivity index (χ2v) is 4.19. The summed E-state index contributed by atoms with van der Waals surface area (Å²) >= 11 is 3.27. The van der Waals surface area contributed by atoms with Crippen LogP contribution < -0.4 is 0 Å². The number of imide groups is 1. The smallest absolute Gasteiger partial charge is 0.261 e. The molecule has 4 heteroatoms. The van der Waals surface area contributed by atoms with Crippen molar-refractivity contribution in [2.75, 3.05) is 11.9 Å². The highest BCUT2D eigenvalue weighted by atomic mass is 79.9. The van der Waals surface area contributed by atoms with E-state index in [1.165, 1.54) is 17.1 Å². The Morgan fingerprint density at radius 1 is 1.18 bits per heavy atom. The predicted molar refractivity (Wildman–Crippen MR) is 71.7 cm³/mol. The largest absolute Gasteiger partial charge is 0.274 e. The van der Waals surface area contributed by atoms with Crippen LogP contribution in [0.2, 0.25) is 0 Å². The lowest BCUT2D eigenvalue weighted by atomic mass is 10.1. The van der Waals surface area contributed by atoms with E-state index in [0.29, 0.717) is 29.4 Å². The summed E-state index contributed by atoms with van der Waals surface area (Å²) in [6, 6.07) is 0. The normalized spacial score (nSPS) is 15.5. The molecule has 0 fully saturated rings. The van der Waals surface area contributed by atoms with Crippen LogP contribution in [0.15, 0.2) is 48.6 Å². The fraction of sp³-hybridized carbons (Fsp3) is 0.231. The molecule has 1 rings (SSSR count). The summed E-state index contributed by atoms with van der Waals surface area (Å²) in [4.78, 5) is 25.0. The summed E-state index contributed by atoms with van der Waals surface area (Å²) in [5.74, 6) is -0.607. The van der Waals surface area contributed by atoms with E-state index in [1.807, 2.05) is 0 Å². The molecule has 0 unspecified atom stereocenters. The number of carbonyl (C=O) groups excluding carboxylic acids is 2. The average Bonchev–Trinajstić information content (AvgIpc) is 2.57. The number of nitrogens with zero attached hydrogens (tertiary/aromatic N) is 1. The van der Waals surface area contributed by atoms with Gasteiger partial charge in [0, 0.05) is 11.9 Å². The zero-order chi connectivity index (χ0) is 13.0. The summed E-state index contributed by atoms with van der Waals surface area (Å²) in [6.07, 6.45) is 3.39. The number of amides is 2. The summed E-state index contributed by atoms with van der Waals surface area (Å²) < 4.78 is 0. The highest BCUT2D eigenvalue weighted by molar-refractivity contribution is 9.09. The summed E-state index contributed by atoms with van der Waals surface area (Å²) in [5.41, 5.74) is 1.60. The second-order valence-electron chi connectivity index (χ2n) is 3.63. The van der Waals surface area contributed by atoms with Gasteiger partial charge in [0.15, 0.2) is 0 Å². The van der Waals surface area contributed by atoms with E-state index >= 15 is 0 Å². The molecule has 3 nitrogen and oxygen atoms in total. The zero-order valence-corrected chi connectivity index (χ0v) is 11.1. The molecule has 0 aromatic rings. The lowest BCUT2D eigenvalue weighted by molar-refractivity contribution is -0.137. The van der Waals surface area contributed by atoms with Gasteiger partial charge in [0.2, 0.25) is 0 Å². The minimum atomic E-state index is -0.303. The van der Waals surface area contributed by atoms with Crippen molar-refractivity contribution >= 4 is 27.7 Å². The first kappa shape index (κ1) is 13.6. The molecule has 1 aliphatic heterocycles. The molecule has 0 radical (unpaired) electrons. The first-order chi connectivity index (χ1) is 8.06. The molecule has 0 aromatic carbocycles. The maximum Gasteiger partial charge on any atom is 0.261 e. The molecule has 0 saturated heterocycles. The zero-order valence-electron chi connectivity index (χ0n) is 9.54. The first-order valence-electron chi connectivity index (χ1n) is 5.14. The Kier molecular flexibility index (Phi) is 4.63. The summed E-state index contributed by atoms with van der Waals surface area (Å²) in [7, 11) is 0. The van der Waals surface area contributed by atoms with E-state index in [2.05, 4.69) is 35.7 Å². The molecule has 0 spiro atoms. The first-order valence-corrected chi connectivity index (χ1v) is 6.26. The van der Waals surface area contributed by atoms with Gasteiger partial charge in [0.25, 0.3) is 11.8 Å². The van der Waals surface area contributed by atoms with E-state index in [1.54, 1.807) is 0 Å². The molecular formula is C13H14BrNO2. The lowest BCUT2D eigenvalue weighted by Crippen LogP contribution is -2.32. The molecule has 1 aliphatic rings.